The van der Waals surface area contributed by atoms with Gasteiger partial charge in [0.1, 0.15) is 0 Å². The Morgan fingerprint density at radius 1 is 1.50 bits per heavy atom. The second-order valence-corrected chi connectivity index (χ2v) is 5.85. The number of nitrogens with one attached hydrogen (secondary N) is 1. The molecule has 18 heavy (non-hydrogen) atoms. The molecule has 1 aliphatic heterocycles. The molecule has 3 N–H and O–H groups in total. The smallest absolute Gasteiger partial charge is 0.317 e. The third kappa shape index (κ3) is 2.81. The number of nitrogens with two attached hydrogens (primary N) is 1. The molecule has 1 heterocycles. The first-order valence-corrected chi connectivity index (χ1v) is 7.17. The van der Waals surface area contributed by atoms with E-state index in [2.05, 4.69) is 5.32 Å². The SMILES string of the molecule is Cc1ccc(S(=O)CCN2CCNC2=O)c(N)c1. The summed E-state index contributed by atoms with van der Waals surface area (Å²) in [5.41, 5.74) is 7.45. The zero-order valence-electron chi connectivity index (χ0n) is 10.3. The number of carbonyl (C=O) groups is 1. The molecule has 98 valence electrons. The van der Waals surface area contributed by atoms with Crippen LogP contribution >= 0.6 is 0 Å². The van der Waals surface area contributed by atoms with Crippen molar-refractivity contribution in [3.63, 3.8) is 0 Å². The summed E-state index contributed by atoms with van der Waals surface area (Å²) in [5, 5.41) is 2.72. The van der Waals surface area contributed by atoms with E-state index in [1.807, 2.05) is 19.1 Å². The Morgan fingerprint density at radius 2 is 2.28 bits per heavy atom. The van der Waals surface area contributed by atoms with Gasteiger partial charge in [0, 0.05) is 31.1 Å². The molecule has 2 rings (SSSR count). The van der Waals surface area contributed by atoms with Crippen LogP contribution in [0.15, 0.2) is 23.1 Å². The van der Waals surface area contributed by atoms with E-state index in [4.69, 9.17) is 5.73 Å². The highest BCUT2D eigenvalue weighted by atomic mass is 32.2. The molecular weight excluding hydrogens is 250 g/mol. The Bertz CT molecular complexity index is 490. The van der Waals surface area contributed by atoms with Crippen molar-refractivity contribution >= 4 is 22.5 Å². The van der Waals surface area contributed by atoms with E-state index in [1.54, 1.807) is 11.0 Å². The molecule has 0 bridgehead atoms. The maximum atomic E-state index is 12.1. The monoisotopic (exact) mass is 267 g/mol. The topological polar surface area (TPSA) is 75.4 Å². The zero-order chi connectivity index (χ0) is 13.1. The fourth-order valence-electron chi connectivity index (χ4n) is 1.90. The number of hydrogen-bond acceptors (Lipinski definition) is 3. The Hall–Kier alpha value is -1.56. The fourth-order valence-corrected chi connectivity index (χ4v) is 3.05. The number of aryl methyl sites for hydroxylation is 1. The molecule has 1 aromatic rings. The average Bonchev–Trinajstić information content (AvgIpc) is 2.72. The van der Waals surface area contributed by atoms with E-state index in [9.17, 15) is 9.00 Å². The predicted molar refractivity (Wildman–Crippen MR) is 71.8 cm³/mol. The number of urea groups is 1. The van der Waals surface area contributed by atoms with Crippen LogP contribution in [-0.4, -0.2) is 40.5 Å². The lowest BCUT2D eigenvalue weighted by Gasteiger charge is -2.14. The first-order valence-electron chi connectivity index (χ1n) is 5.85. The molecule has 0 saturated carbocycles. The van der Waals surface area contributed by atoms with Crippen molar-refractivity contribution in [3.8, 4) is 0 Å². The molecule has 5 nitrogen and oxygen atoms in total. The summed E-state index contributed by atoms with van der Waals surface area (Å²) in [7, 11) is -1.16. The van der Waals surface area contributed by atoms with Crippen molar-refractivity contribution in [3.05, 3.63) is 23.8 Å². The van der Waals surface area contributed by atoms with Gasteiger partial charge in [-0.15, -0.1) is 0 Å². The first kappa shape index (κ1) is 12.9. The fraction of sp³-hybridized carbons (Fsp3) is 0.417. The van der Waals surface area contributed by atoms with Crippen LogP contribution in [0, 0.1) is 6.92 Å². The van der Waals surface area contributed by atoms with Crippen LogP contribution in [0.5, 0.6) is 0 Å². The summed E-state index contributed by atoms with van der Waals surface area (Å²) in [4.78, 5) is 13.6. The second-order valence-electron chi connectivity index (χ2n) is 4.31. The van der Waals surface area contributed by atoms with Crippen molar-refractivity contribution in [2.45, 2.75) is 11.8 Å². The van der Waals surface area contributed by atoms with E-state index in [-0.39, 0.29) is 6.03 Å². The summed E-state index contributed by atoms with van der Waals surface area (Å²) in [6.07, 6.45) is 0. The van der Waals surface area contributed by atoms with Crippen LogP contribution < -0.4 is 11.1 Å². The Morgan fingerprint density at radius 3 is 2.89 bits per heavy atom. The standard InChI is InChI=1S/C12H17N3O2S/c1-9-2-3-11(10(13)8-9)18(17)7-6-15-5-4-14-12(15)16/h2-3,8H,4-7,13H2,1H3,(H,14,16). The van der Waals surface area contributed by atoms with E-state index >= 15 is 0 Å². The number of nitrogen functional groups attached to an aromatic ring is 1. The van der Waals surface area contributed by atoms with Gasteiger partial charge >= 0.3 is 6.03 Å². The van der Waals surface area contributed by atoms with Gasteiger partial charge in [-0.25, -0.2) is 4.79 Å². The minimum Gasteiger partial charge on any atom is -0.398 e. The summed E-state index contributed by atoms with van der Waals surface area (Å²) in [6.45, 7) is 3.78. The summed E-state index contributed by atoms with van der Waals surface area (Å²) < 4.78 is 12.1. The number of carbonyl (C=O) groups excluding carboxylic acids is 1. The van der Waals surface area contributed by atoms with Crippen LogP contribution in [0.4, 0.5) is 10.5 Å². The highest BCUT2D eigenvalue weighted by Crippen LogP contribution is 2.18. The van der Waals surface area contributed by atoms with Crippen LogP contribution in [0.2, 0.25) is 0 Å². The second kappa shape index (κ2) is 5.39. The number of nitrogens with zero attached hydrogens (tertiary/aromatic N) is 1. The maximum Gasteiger partial charge on any atom is 0.317 e. The van der Waals surface area contributed by atoms with Gasteiger partial charge < -0.3 is 16.0 Å². The summed E-state index contributed by atoms with van der Waals surface area (Å²) in [5.74, 6) is 0.417. The van der Waals surface area contributed by atoms with Crippen molar-refractivity contribution in [1.29, 1.82) is 0 Å². The van der Waals surface area contributed by atoms with Gasteiger partial charge in [0.25, 0.3) is 0 Å². The van der Waals surface area contributed by atoms with E-state index in [1.165, 1.54) is 0 Å². The van der Waals surface area contributed by atoms with E-state index < -0.39 is 10.8 Å². The molecule has 1 fully saturated rings. The van der Waals surface area contributed by atoms with E-state index in [0.29, 0.717) is 36.0 Å². The van der Waals surface area contributed by atoms with Crippen LogP contribution in [0.1, 0.15) is 5.56 Å². The highest BCUT2D eigenvalue weighted by molar-refractivity contribution is 7.85. The number of benzene rings is 1. The van der Waals surface area contributed by atoms with Crippen molar-refractivity contribution in [1.82, 2.24) is 10.2 Å². The summed E-state index contributed by atoms with van der Waals surface area (Å²) in [6, 6.07) is 5.43. The molecule has 1 saturated heterocycles. The largest absolute Gasteiger partial charge is 0.398 e. The number of rotatable bonds is 4. The van der Waals surface area contributed by atoms with Crippen molar-refractivity contribution in [2.75, 3.05) is 31.1 Å². The van der Waals surface area contributed by atoms with Gasteiger partial charge in [-0.05, 0) is 24.6 Å². The van der Waals surface area contributed by atoms with Gasteiger partial charge in [-0.2, -0.15) is 0 Å². The van der Waals surface area contributed by atoms with Gasteiger partial charge in [0.2, 0.25) is 0 Å². The van der Waals surface area contributed by atoms with Gasteiger partial charge in [0.15, 0.2) is 0 Å². The predicted octanol–water partition coefficient (Wildman–Crippen LogP) is 0.710. The molecule has 0 aliphatic carbocycles. The summed E-state index contributed by atoms with van der Waals surface area (Å²) >= 11 is 0. The van der Waals surface area contributed by atoms with Gasteiger partial charge in [-0.3, -0.25) is 4.21 Å². The molecule has 0 aromatic heterocycles. The average molecular weight is 267 g/mol. The van der Waals surface area contributed by atoms with Crippen molar-refractivity contribution in [2.24, 2.45) is 0 Å². The van der Waals surface area contributed by atoms with Gasteiger partial charge in [0.05, 0.1) is 15.7 Å². The Kier molecular flexibility index (Phi) is 3.86. The zero-order valence-corrected chi connectivity index (χ0v) is 11.1. The molecular formula is C12H17N3O2S. The molecule has 0 spiro atoms. The van der Waals surface area contributed by atoms with Crippen molar-refractivity contribution < 1.29 is 9.00 Å². The molecule has 1 unspecified atom stereocenters. The first-order chi connectivity index (χ1) is 8.58. The molecule has 2 amide bonds. The number of hydrogen-bond donors (Lipinski definition) is 2. The minimum absolute atomic E-state index is 0.0797. The van der Waals surface area contributed by atoms with Crippen LogP contribution in [-0.2, 0) is 10.8 Å². The third-order valence-corrected chi connectivity index (χ3v) is 4.32. The molecule has 1 aromatic carbocycles. The molecule has 6 heteroatoms. The highest BCUT2D eigenvalue weighted by Gasteiger charge is 2.20. The minimum atomic E-state index is -1.16. The normalized spacial score (nSPS) is 16.7. The maximum absolute atomic E-state index is 12.1. The molecule has 0 radical (unpaired) electrons. The Balaban J connectivity index is 1.97. The Labute approximate surface area is 109 Å². The van der Waals surface area contributed by atoms with Crippen LogP contribution in [0.3, 0.4) is 0 Å². The van der Waals surface area contributed by atoms with Gasteiger partial charge in [-0.1, -0.05) is 6.07 Å². The molecule has 1 atom stereocenters. The quantitative estimate of drug-likeness (QED) is 0.789. The lowest BCUT2D eigenvalue weighted by Crippen LogP contribution is -2.31. The lowest BCUT2D eigenvalue weighted by atomic mass is 10.2. The number of amides is 2. The third-order valence-electron chi connectivity index (χ3n) is 2.90. The van der Waals surface area contributed by atoms with E-state index in [0.717, 1.165) is 5.56 Å². The van der Waals surface area contributed by atoms with Crippen LogP contribution in [0.25, 0.3) is 0 Å². The number of anilines is 1. The molecule has 1 aliphatic rings. The lowest BCUT2D eigenvalue weighted by molar-refractivity contribution is 0.220.